The molecule has 1 amide bonds. The fourth-order valence-electron chi connectivity index (χ4n) is 2.32. The van der Waals surface area contributed by atoms with Crippen LogP contribution in [-0.4, -0.2) is 45.2 Å². The van der Waals surface area contributed by atoms with E-state index < -0.39 is 0 Å². The van der Waals surface area contributed by atoms with Gasteiger partial charge in [0.15, 0.2) is 5.96 Å². The number of amides is 1. The van der Waals surface area contributed by atoms with Gasteiger partial charge in [-0.2, -0.15) is 0 Å². The Morgan fingerprint density at radius 2 is 1.79 bits per heavy atom. The van der Waals surface area contributed by atoms with E-state index >= 15 is 0 Å². The molecule has 3 N–H and O–H groups in total. The van der Waals surface area contributed by atoms with E-state index in [-0.39, 0.29) is 29.9 Å². The summed E-state index contributed by atoms with van der Waals surface area (Å²) < 4.78 is 5.07. The summed E-state index contributed by atoms with van der Waals surface area (Å²) in [6, 6.07) is 7.45. The zero-order chi connectivity index (χ0) is 16.5. The molecular formula is C17H25IN4O2. The normalized spacial score (nSPS) is 14.0. The second kappa shape index (κ2) is 10.9. The number of rotatable bonds is 6. The molecule has 132 valence electrons. The molecule has 1 aromatic rings. The quantitative estimate of drug-likeness (QED) is 0.206. The molecule has 0 radical (unpaired) electrons. The molecular weight excluding hydrogens is 419 g/mol. The van der Waals surface area contributed by atoms with Crippen LogP contribution in [0.15, 0.2) is 41.4 Å². The van der Waals surface area contributed by atoms with Gasteiger partial charge >= 0.3 is 0 Å². The van der Waals surface area contributed by atoms with Gasteiger partial charge in [-0.25, -0.2) is 0 Å². The molecule has 1 aliphatic rings. The second-order valence-corrected chi connectivity index (χ2v) is 5.27. The van der Waals surface area contributed by atoms with Crippen molar-refractivity contribution in [3.8, 4) is 5.75 Å². The highest BCUT2D eigenvalue weighted by atomic mass is 127. The first kappa shape index (κ1) is 20.3. The van der Waals surface area contributed by atoms with Crippen LogP contribution in [0.1, 0.15) is 23.2 Å². The summed E-state index contributed by atoms with van der Waals surface area (Å²) in [7, 11) is 3.34. The highest BCUT2D eigenvalue weighted by Crippen LogP contribution is 2.11. The monoisotopic (exact) mass is 444 g/mol. The maximum atomic E-state index is 12.0. The van der Waals surface area contributed by atoms with Crippen molar-refractivity contribution < 1.29 is 9.53 Å². The van der Waals surface area contributed by atoms with Crippen LogP contribution in [0.4, 0.5) is 0 Å². The summed E-state index contributed by atoms with van der Waals surface area (Å²) in [4.78, 5) is 16.2. The molecule has 24 heavy (non-hydrogen) atoms. The zero-order valence-electron chi connectivity index (χ0n) is 14.0. The summed E-state index contributed by atoms with van der Waals surface area (Å²) in [5.74, 6) is 1.40. The lowest BCUT2D eigenvalue weighted by Crippen LogP contribution is -2.45. The molecule has 0 aromatic heterocycles. The molecule has 6 nitrogen and oxygen atoms in total. The number of ether oxygens (including phenoxy) is 1. The number of nitrogens with one attached hydrogen (secondary N) is 3. The standard InChI is InChI=1S/C17H24N4O2.HI/c1-18-17(21-14-5-3-4-6-14)20-12-11-19-16(22)13-7-9-15(23-2)10-8-13;/h3-4,7-10,14H,5-6,11-12H2,1-2H3,(H,19,22)(H2,18,20,21);1H. The molecule has 1 aromatic carbocycles. The van der Waals surface area contributed by atoms with Crippen molar-refractivity contribution >= 4 is 35.8 Å². The van der Waals surface area contributed by atoms with Crippen molar-refractivity contribution in [3.63, 3.8) is 0 Å². The third kappa shape index (κ3) is 6.38. The third-order valence-corrected chi connectivity index (χ3v) is 3.63. The lowest BCUT2D eigenvalue weighted by Gasteiger charge is -2.17. The minimum absolute atomic E-state index is 0. The number of guanidine groups is 1. The number of hydrogen-bond acceptors (Lipinski definition) is 3. The Morgan fingerprint density at radius 1 is 1.17 bits per heavy atom. The van der Waals surface area contributed by atoms with Crippen molar-refractivity contribution in [2.75, 3.05) is 27.2 Å². The molecule has 0 unspecified atom stereocenters. The van der Waals surface area contributed by atoms with Crippen LogP contribution >= 0.6 is 24.0 Å². The Kier molecular flexibility index (Phi) is 9.21. The van der Waals surface area contributed by atoms with Crippen LogP contribution in [0.3, 0.4) is 0 Å². The van der Waals surface area contributed by atoms with Gasteiger partial charge in [0, 0.05) is 31.7 Å². The molecule has 0 fully saturated rings. The number of nitrogens with zero attached hydrogens (tertiary/aromatic N) is 1. The Bertz CT molecular complexity index is 564. The van der Waals surface area contributed by atoms with Crippen LogP contribution in [-0.2, 0) is 0 Å². The van der Waals surface area contributed by atoms with Crippen molar-refractivity contribution in [3.05, 3.63) is 42.0 Å². The molecule has 0 saturated heterocycles. The minimum Gasteiger partial charge on any atom is -0.497 e. The lowest BCUT2D eigenvalue weighted by molar-refractivity contribution is 0.0954. The predicted octanol–water partition coefficient (Wildman–Crippen LogP) is 1.93. The van der Waals surface area contributed by atoms with E-state index in [9.17, 15) is 4.79 Å². The van der Waals surface area contributed by atoms with Gasteiger partial charge < -0.3 is 20.7 Å². The average Bonchev–Trinajstić information content (AvgIpc) is 3.10. The Hall–Kier alpha value is -1.77. The van der Waals surface area contributed by atoms with Crippen LogP contribution in [0.5, 0.6) is 5.75 Å². The van der Waals surface area contributed by atoms with E-state index in [4.69, 9.17) is 4.74 Å². The maximum Gasteiger partial charge on any atom is 0.251 e. The number of halogens is 1. The fraction of sp³-hybridized carbons (Fsp3) is 0.412. The van der Waals surface area contributed by atoms with Crippen LogP contribution in [0.2, 0.25) is 0 Å². The number of carbonyl (C=O) groups is 1. The van der Waals surface area contributed by atoms with E-state index in [1.54, 1.807) is 38.4 Å². The Morgan fingerprint density at radius 3 is 2.38 bits per heavy atom. The maximum absolute atomic E-state index is 12.0. The number of aliphatic imine (C=N–C) groups is 1. The summed E-state index contributed by atoms with van der Waals surface area (Å²) in [6.07, 6.45) is 6.38. The number of methoxy groups -OCH3 is 1. The van der Waals surface area contributed by atoms with Gasteiger partial charge in [-0.1, -0.05) is 12.2 Å². The number of benzene rings is 1. The third-order valence-electron chi connectivity index (χ3n) is 3.63. The van der Waals surface area contributed by atoms with E-state index in [2.05, 4.69) is 33.1 Å². The first-order chi connectivity index (χ1) is 11.2. The average molecular weight is 444 g/mol. The van der Waals surface area contributed by atoms with Gasteiger partial charge in [-0.05, 0) is 37.1 Å². The first-order valence-corrected chi connectivity index (χ1v) is 7.77. The van der Waals surface area contributed by atoms with E-state index in [1.165, 1.54) is 0 Å². The summed E-state index contributed by atoms with van der Waals surface area (Å²) in [5, 5.41) is 9.42. The lowest BCUT2D eigenvalue weighted by atomic mass is 10.2. The largest absolute Gasteiger partial charge is 0.497 e. The predicted molar refractivity (Wildman–Crippen MR) is 107 cm³/mol. The second-order valence-electron chi connectivity index (χ2n) is 5.27. The van der Waals surface area contributed by atoms with E-state index in [0.29, 0.717) is 24.7 Å². The molecule has 0 spiro atoms. The SMILES string of the molecule is CN=C(NCCNC(=O)c1ccc(OC)cc1)NC1CC=CC1.I. The van der Waals surface area contributed by atoms with Crippen molar-refractivity contribution in [2.45, 2.75) is 18.9 Å². The zero-order valence-corrected chi connectivity index (χ0v) is 16.4. The minimum atomic E-state index is -0.0996. The van der Waals surface area contributed by atoms with Crippen molar-refractivity contribution in [1.29, 1.82) is 0 Å². The summed E-state index contributed by atoms with van der Waals surface area (Å²) in [5.41, 5.74) is 0.616. The highest BCUT2D eigenvalue weighted by molar-refractivity contribution is 14.0. The molecule has 0 saturated carbocycles. The van der Waals surface area contributed by atoms with Crippen LogP contribution < -0.4 is 20.7 Å². The van der Waals surface area contributed by atoms with Gasteiger partial charge in [0.2, 0.25) is 0 Å². The van der Waals surface area contributed by atoms with Gasteiger partial charge in [-0.3, -0.25) is 9.79 Å². The van der Waals surface area contributed by atoms with Crippen molar-refractivity contribution in [2.24, 2.45) is 4.99 Å². The summed E-state index contributed by atoms with van der Waals surface area (Å²) in [6.45, 7) is 1.14. The Balaban J connectivity index is 0.00000288. The van der Waals surface area contributed by atoms with Crippen LogP contribution in [0, 0.1) is 0 Å². The number of hydrogen-bond donors (Lipinski definition) is 3. The molecule has 0 atom stereocenters. The fourth-order valence-corrected chi connectivity index (χ4v) is 2.32. The molecule has 1 aliphatic carbocycles. The molecule has 7 heteroatoms. The van der Waals surface area contributed by atoms with Crippen LogP contribution in [0.25, 0.3) is 0 Å². The molecule has 0 bridgehead atoms. The van der Waals surface area contributed by atoms with Crippen molar-refractivity contribution in [1.82, 2.24) is 16.0 Å². The molecule has 0 heterocycles. The highest BCUT2D eigenvalue weighted by Gasteiger charge is 2.11. The molecule has 2 rings (SSSR count). The smallest absolute Gasteiger partial charge is 0.251 e. The van der Waals surface area contributed by atoms with E-state index in [0.717, 1.165) is 24.6 Å². The summed E-state index contributed by atoms with van der Waals surface area (Å²) >= 11 is 0. The van der Waals surface area contributed by atoms with Gasteiger partial charge in [0.25, 0.3) is 5.91 Å². The van der Waals surface area contributed by atoms with Gasteiger partial charge in [0.1, 0.15) is 5.75 Å². The van der Waals surface area contributed by atoms with Gasteiger partial charge in [0.05, 0.1) is 7.11 Å². The van der Waals surface area contributed by atoms with Gasteiger partial charge in [-0.15, -0.1) is 24.0 Å². The Labute approximate surface area is 160 Å². The topological polar surface area (TPSA) is 74.8 Å². The molecule has 0 aliphatic heterocycles. The number of carbonyl (C=O) groups excluding carboxylic acids is 1. The first-order valence-electron chi connectivity index (χ1n) is 7.77. The van der Waals surface area contributed by atoms with E-state index in [1.807, 2.05) is 0 Å².